The second-order valence-electron chi connectivity index (χ2n) is 4.49. The van der Waals surface area contributed by atoms with E-state index in [0.717, 1.165) is 25.7 Å². The Morgan fingerprint density at radius 1 is 1.29 bits per heavy atom. The molecule has 2 N–H and O–H groups in total. The molecule has 1 aromatic rings. The molecule has 1 aliphatic rings. The lowest BCUT2D eigenvalue weighted by Gasteiger charge is -2.14. The molecule has 17 heavy (non-hydrogen) atoms. The molecule has 1 aliphatic carbocycles. The van der Waals surface area contributed by atoms with Crippen molar-refractivity contribution in [3.05, 3.63) is 23.7 Å². The van der Waals surface area contributed by atoms with Gasteiger partial charge in [-0.25, -0.2) is 4.79 Å². The first kappa shape index (κ1) is 12.2. The van der Waals surface area contributed by atoms with Gasteiger partial charge in [0.2, 0.25) is 5.76 Å². The zero-order chi connectivity index (χ0) is 12.1. The highest BCUT2D eigenvalue weighted by Crippen LogP contribution is 2.21. The van der Waals surface area contributed by atoms with Crippen LogP contribution in [0.1, 0.15) is 54.8 Å². The van der Waals surface area contributed by atoms with Crippen LogP contribution < -0.4 is 5.73 Å². The Balaban J connectivity index is 1.91. The Morgan fingerprint density at radius 3 is 2.59 bits per heavy atom. The number of rotatable bonds is 3. The number of carbonyl (C=O) groups excluding carboxylic acids is 1. The molecule has 4 heteroatoms. The molecule has 4 nitrogen and oxygen atoms in total. The van der Waals surface area contributed by atoms with Gasteiger partial charge in [-0.3, -0.25) is 0 Å². The molecule has 0 radical (unpaired) electrons. The van der Waals surface area contributed by atoms with E-state index in [9.17, 15) is 4.79 Å². The molecule has 0 atom stereocenters. The predicted molar refractivity (Wildman–Crippen MR) is 63.5 cm³/mol. The van der Waals surface area contributed by atoms with Crippen LogP contribution in [0.5, 0.6) is 0 Å². The van der Waals surface area contributed by atoms with Crippen molar-refractivity contribution in [3.63, 3.8) is 0 Å². The standard InChI is InChI=1S/C13H19NO3/c14-9-11-7-8-12(16-11)13(15)17-10-5-3-1-2-4-6-10/h7-8,10H,1-6,9,14H2. The fourth-order valence-corrected chi connectivity index (χ4v) is 2.17. The largest absolute Gasteiger partial charge is 0.457 e. The zero-order valence-corrected chi connectivity index (χ0v) is 9.98. The van der Waals surface area contributed by atoms with E-state index < -0.39 is 0 Å². The van der Waals surface area contributed by atoms with E-state index in [1.807, 2.05) is 0 Å². The molecule has 94 valence electrons. The number of ether oxygens (including phenoxy) is 1. The van der Waals surface area contributed by atoms with Gasteiger partial charge >= 0.3 is 5.97 Å². The first-order valence-electron chi connectivity index (χ1n) is 6.29. The molecule has 1 heterocycles. The first-order chi connectivity index (χ1) is 8.29. The highest BCUT2D eigenvalue weighted by molar-refractivity contribution is 5.86. The van der Waals surface area contributed by atoms with Gasteiger partial charge in [0.25, 0.3) is 0 Å². The molecule has 0 bridgehead atoms. The van der Waals surface area contributed by atoms with Crippen LogP contribution in [-0.2, 0) is 11.3 Å². The molecule has 0 spiro atoms. The molecule has 0 aromatic carbocycles. The Labute approximate surface area is 101 Å². The van der Waals surface area contributed by atoms with Crippen molar-refractivity contribution in [3.8, 4) is 0 Å². The highest BCUT2D eigenvalue weighted by Gasteiger charge is 2.19. The van der Waals surface area contributed by atoms with Gasteiger partial charge in [-0.2, -0.15) is 0 Å². The second-order valence-corrected chi connectivity index (χ2v) is 4.49. The van der Waals surface area contributed by atoms with Gasteiger partial charge < -0.3 is 14.9 Å². The van der Waals surface area contributed by atoms with Crippen LogP contribution in [0.4, 0.5) is 0 Å². The Morgan fingerprint density at radius 2 is 2.00 bits per heavy atom. The molecule has 0 saturated heterocycles. The van der Waals surface area contributed by atoms with Gasteiger partial charge in [-0.15, -0.1) is 0 Å². The number of hydrogen-bond donors (Lipinski definition) is 1. The van der Waals surface area contributed by atoms with Crippen LogP contribution in [0.3, 0.4) is 0 Å². The quantitative estimate of drug-likeness (QED) is 0.648. The van der Waals surface area contributed by atoms with Gasteiger partial charge in [0.15, 0.2) is 0 Å². The van der Waals surface area contributed by atoms with Crippen molar-refractivity contribution in [2.75, 3.05) is 0 Å². The van der Waals surface area contributed by atoms with Crippen LogP contribution in [0, 0.1) is 0 Å². The summed E-state index contributed by atoms with van der Waals surface area (Å²) < 4.78 is 10.7. The number of carbonyl (C=O) groups is 1. The minimum absolute atomic E-state index is 0.0522. The van der Waals surface area contributed by atoms with Gasteiger partial charge in [-0.1, -0.05) is 12.8 Å². The summed E-state index contributed by atoms with van der Waals surface area (Å²) >= 11 is 0. The second kappa shape index (κ2) is 5.87. The fourth-order valence-electron chi connectivity index (χ4n) is 2.17. The maximum atomic E-state index is 11.8. The Kier molecular flexibility index (Phi) is 4.20. The molecule has 0 unspecified atom stereocenters. The smallest absolute Gasteiger partial charge is 0.374 e. The van der Waals surface area contributed by atoms with E-state index in [4.69, 9.17) is 14.9 Å². The number of esters is 1. The Hall–Kier alpha value is -1.29. The number of furan rings is 1. The summed E-state index contributed by atoms with van der Waals surface area (Å²) in [7, 11) is 0. The van der Waals surface area contributed by atoms with Crippen LogP contribution >= 0.6 is 0 Å². The molecule has 0 amide bonds. The molecule has 2 rings (SSSR count). The van der Waals surface area contributed by atoms with Gasteiger partial charge in [-0.05, 0) is 37.8 Å². The molecule has 1 fully saturated rings. The summed E-state index contributed by atoms with van der Waals surface area (Å²) in [6.45, 7) is 0.302. The van der Waals surface area contributed by atoms with E-state index >= 15 is 0 Å². The normalized spacial score (nSPS) is 17.7. The number of nitrogens with two attached hydrogens (primary N) is 1. The van der Waals surface area contributed by atoms with Crippen LogP contribution in [0.15, 0.2) is 16.5 Å². The molecule has 1 aromatic heterocycles. The maximum Gasteiger partial charge on any atom is 0.374 e. The summed E-state index contributed by atoms with van der Waals surface area (Å²) in [4.78, 5) is 11.8. The fraction of sp³-hybridized carbons (Fsp3) is 0.615. The molecule has 0 aliphatic heterocycles. The van der Waals surface area contributed by atoms with Crippen molar-refractivity contribution in [2.45, 2.75) is 51.2 Å². The summed E-state index contributed by atoms with van der Waals surface area (Å²) in [6, 6.07) is 3.34. The third-order valence-corrected chi connectivity index (χ3v) is 3.14. The van der Waals surface area contributed by atoms with E-state index in [1.165, 1.54) is 12.8 Å². The summed E-state index contributed by atoms with van der Waals surface area (Å²) in [6.07, 6.45) is 6.76. The third-order valence-electron chi connectivity index (χ3n) is 3.14. The highest BCUT2D eigenvalue weighted by atomic mass is 16.6. The predicted octanol–water partition coefficient (Wildman–Crippen LogP) is 2.62. The molecular formula is C13H19NO3. The minimum atomic E-state index is -0.364. The van der Waals surface area contributed by atoms with Crippen molar-refractivity contribution in [1.29, 1.82) is 0 Å². The van der Waals surface area contributed by atoms with Crippen LogP contribution in [0.25, 0.3) is 0 Å². The van der Waals surface area contributed by atoms with Crippen LogP contribution in [-0.4, -0.2) is 12.1 Å². The van der Waals surface area contributed by atoms with Gasteiger partial charge in [0.1, 0.15) is 11.9 Å². The van der Waals surface area contributed by atoms with Crippen molar-refractivity contribution < 1.29 is 13.9 Å². The van der Waals surface area contributed by atoms with Gasteiger partial charge in [0.05, 0.1) is 6.54 Å². The first-order valence-corrected chi connectivity index (χ1v) is 6.29. The lowest BCUT2D eigenvalue weighted by atomic mass is 10.1. The summed E-state index contributed by atoms with van der Waals surface area (Å²) in [5.41, 5.74) is 5.42. The number of hydrogen-bond acceptors (Lipinski definition) is 4. The topological polar surface area (TPSA) is 65.5 Å². The third kappa shape index (κ3) is 3.33. The molecule has 1 saturated carbocycles. The van der Waals surface area contributed by atoms with E-state index in [2.05, 4.69) is 0 Å². The van der Waals surface area contributed by atoms with Gasteiger partial charge in [0, 0.05) is 0 Å². The van der Waals surface area contributed by atoms with Crippen molar-refractivity contribution in [2.24, 2.45) is 5.73 Å². The maximum absolute atomic E-state index is 11.8. The van der Waals surface area contributed by atoms with E-state index in [0.29, 0.717) is 12.3 Å². The lowest BCUT2D eigenvalue weighted by Crippen LogP contribution is -2.17. The Bertz CT molecular complexity index is 364. The average Bonchev–Trinajstić information content (AvgIpc) is 2.68. The van der Waals surface area contributed by atoms with Crippen LogP contribution in [0.2, 0.25) is 0 Å². The van der Waals surface area contributed by atoms with E-state index in [1.54, 1.807) is 12.1 Å². The summed E-state index contributed by atoms with van der Waals surface area (Å²) in [5.74, 6) is 0.504. The monoisotopic (exact) mass is 237 g/mol. The zero-order valence-electron chi connectivity index (χ0n) is 9.98. The summed E-state index contributed by atoms with van der Waals surface area (Å²) in [5, 5.41) is 0. The van der Waals surface area contributed by atoms with Crippen molar-refractivity contribution in [1.82, 2.24) is 0 Å². The van der Waals surface area contributed by atoms with E-state index in [-0.39, 0.29) is 17.8 Å². The molecular weight excluding hydrogens is 218 g/mol. The SMILES string of the molecule is NCc1ccc(C(=O)OC2CCCCCC2)o1. The lowest BCUT2D eigenvalue weighted by molar-refractivity contribution is 0.0230. The average molecular weight is 237 g/mol. The van der Waals surface area contributed by atoms with Crippen molar-refractivity contribution >= 4 is 5.97 Å². The minimum Gasteiger partial charge on any atom is -0.457 e.